The van der Waals surface area contributed by atoms with E-state index in [-0.39, 0.29) is 30.5 Å². The van der Waals surface area contributed by atoms with Crippen LogP contribution >= 0.6 is 15.9 Å². The lowest BCUT2D eigenvalue weighted by Crippen LogP contribution is -2.33. The number of carbonyl (C=O) groups excluding carboxylic acids is 2. The minimum Gasteiger partial charge on any atom is -0.493 e. The predicted molar refractivity (Wildman–Crippen MR) is 148 cm³/mol. The summed E-state index contributed by atoms with van der Waals surface area (Å²) in [5.74, 6) is 0.585. The molecule has 1 unspecified atom stereocenters. The van der Waals surface area contributed by atoms with Gasteiger partial charge in [-0.1, -0.05) is 60.1 Å². The molecular weight excluding hydrogens is 534 g/mol. The van der Waals surface area contributed by atoms with Crippen LogP contribution in [0, 0.1) is 5.41 Å². The summed E-state index contributed by atoms with van der Waals surface area (Å²) in [6.07, 6.45) is 1.29. The van der Waals surface area contributed by atoms with Crippen LogP contribution in [-0.4, -0.2) is 32.1 Å². The van der Waals surface area contributed by atoms with Crippen LogP contribution in [-0.2, 0) is 14.3 Å². The van der Waals surface area contributed by atoms with Crippen LogP contribution < -0.4 is 14.8 Å². The number of nitrogens with one attached hydrogen (secondary N) is 1. The highest BCUT2D eigenvalue weighted by Crippen LogP contribution is 2.53. The summed E-state index contributed by atoms with van der Waals surface area (Å²) in [5.41, 5.74) is 4.74. The van der Waals surface area contributed by atoms with Crippen molar-refractivity contribution < 1.29 is 23.8 Å². The number of carbonyl (C=O) groups is 2. The molecule has 3 aromatic carbocycles. The van der Waals surface area contributed by atoms with E-state index < -0.39 is 5.97 Å². The molecule has 0 spiro atoms. The Kier molecular flexibility index (Phi) is 6.75. The normalized spacial score (nSPS) is 18.1. The maximum absolute atomic E-state index is 13.7. The van der Waals surface area contributed by atoms with Gasteiger partial charge in [-0.2, -0.15) is 0 Å². The van der Waals surface area contributed by atoms with Gasteiger partial charge in [0.1, 0.15) is 0 Å². The van der Waals surface area contributed by atoms with E-state index in [9.17, 15) is 9.59 Å². The first-order valence-corrected chi connectivity index (χ1v) is 13.2. The van der Waals surface area contributed by atoms with Crippen molar-refractivity contribution in [3.8, 4) is 11.5 Å². The van der Waals surface area contributed by atoms with E-state index in [2.05, 4.69) is 59.4 Å². The topological polar surface area (TPSA) is 73.9 Å². The smallest absolute Gasteiger partial charge is 0.344 e. The van der Waals surface area contributed by atoms with Crippen LogP contribution in [0.25, 0.3) is 16.3 Å². The molecule has 1 aliphatic heterocycles. The average Bonchev–Trinajstić information content (AvgIpc) is 2.86. The van der Waals surface area contributed by atoms with Crippen molar-refractivity contribution in [1.82, 2.24) is 0 Å². The van der Waals surface area contributed by atoms with Gasteiger partial charge in [-0.05, 0) is 58.9 Å². The number of hydrogen-bond acceptors (Lipinski definition) is 6. The lowest BCUT2D eigenvalue weighted by Gasteiger charge is -2.40. The standard InChI is InChI=1S/C30H30BrNO5/c1-5-36-26(34)16-37-25-13-21(31)19(12-24(25)35-4)29-28-20(14-30(2,3)15-23(28)33)27-18-9-7-6-8-17(18)10-11-22(27)32-29/h6-13,29,32H,5,14-16H2,1-4H3. The number of allylic oxidation sites excluding steroid dienone is 1. The number of anilines is 1. The number of rotatable bonds is 6. The fourth-order valence-electron chi connectivity index (χ4n) is 5.45. The molecule has 192 valence electrons. The van der Waals surface area contributed by atoms with E-state index in [1.807, 2.05) is 18.2 Å². The van der Waals surface area contributed by atoms with Crippen LogP contribution in [0.3, 0.4) is 0 Å². The molecule has 0 radical (unpaired) electrons. The Labute approximate surface area is 225 Å². The number of benzene rings is 3. The molecule has 3 aromatic rings. The Morgan fingerprint density at radius 1 is 1.11 bits per heavy atom. The highest BCUT2D eigenvalue weighted by molar-refractivity contribution is 9.10. The zero-order chi connectivity index (χ0) is 26.3. The largest absolute Gasteiger partial charge is 0.493 e. The number of Topliss-reactive ketones (excluding diaryl/α,β-unsaturated/α-hetero) is 1. The highest BCUT2D eigenvalue weighted by Gasteiger charge is 2.41. The van der Waals surface area contributed by atoms with Crippen LogP contribution in [0.15, 0.2) is 58.6 Å². The van der Waals surface area contributed by atoms with Gasteiger partial charge in [0.15, 0.2) is 23.9 Å². The Hall–Kier alpha value is -3.32. The summed E-state index contributed by atoms with van der Waals surface area (Å²) in [6.45, 7) is 6.13. The first-order valence-electron chi connectivity index (χ1n) is 12.4. The maximum atomic E-state index is 13.7. The van der Waals surface area contributed by atoms with E-state index in [1.54, 1.807) is 20.1 Å². The molecule has 0 fully saturated rings. The van der Waals surface area contributed by atoms with Gasteiger partial charge in [-0.25, -0.2) is 4.79 Å². The minimum atomic E-state index is -0.451. The molecule has 0 amide bonds. The van der Waals surface area contributed by atoms with Gasteiger partial charge in [0.2, 0.25) is 0 Å². The SMILES string of the molecule is CCOC(=O)COc1cc(Br)c(C2Nc3ccc4ccccc4c3C3=C2C(=O)CC(C)(C)C3)cc1OC. The number of ketones is 1. The van der Waals surface area contributed by atoms with Gasteiger partial charge in [0.05, 0.1) is 19.8 Å². The number of ether oxygens (including phenoxy) is 3. The zero-order valence-corrected chi connectivity index (χ0v) is 23.0. The molecule has 7 heteroatoms. The van der Waals surface area contributed by atoms with E-state index in [0.29, 0.717) is 17.9 Å². The molecule has 5 rings (SSSR count). The summed E-state index contributed by atoms with van der Waals surface area (Å²) in [5, 5.41) is 5.95. The summed E-state index contributed by atoms with van der Waals surface area (Å²) in [7, 11) is 1.55. The molecule has 0 saturated carbocycles. The third-order valence-electron chi connectivity index (χ3n) is 6.98. The highest BCUT2D eigenvalue weighted by atomic mass is 79.9. The van der Waals surface area contributed by atoms with Crippen molar-refractivity contribution >= 4 is 49.7 Å². The molecule has 0 saturated heterocycles. The second kappa shape index (κ2) is 9.86. The Balaban J connectivity index is 1.64. The van der Waals surface area contributed by atoms with Gasteiger partial charge in [0.25, 0.3) is 0 Å². The fourth-order valence-corrected chi connectivity index (χ4v) is 6.01. The number of fused-ring (bicyclic) bond motifs is 4. The first kappa shape index (κ1) is 25.3. The van der Waals surface area contributed by atoms with E-state index in [1.165, 1.54) is 0 Å². The molecule has 0 bridgehead atoms. The molecule has 6 nitrogen and oxygen atoms in total. The van der Waals surface area contributed by atoms with Crippen molar-refractivity contribution in [2.45, 2.75) is 39.7 Å². The maximum Gasteiger partial charge on any atom is 0.344 e. The van der Waals surface area contributed by atoms with Gasteiger partial charge in [-0.3, -0.25) is 4.79 Å². The number of methoxy groups -OCH3 is 1. The van der Waals surface area contributed by atoms with E-state index in [4.69, 9.17) is 14.2 Å². The molecule has 2 aliphatic rings. The number of halogens is 1. The molecule has 37 heavy (non-hydrogen) atoms. The fraction of sp³-hybridized carbons (Fsp3) is 0.333. The zero-order valence-electron chi connectivity index (χ0n) is 21.4. The average molecular weight is 564 g/mol. The minimum absolute atomic E-state index is 0.133. The molecule has 1 heterocycles. The second-order valence-electron chi connectivity index (χ2n) is 10.2. The molecule has 0 aromatic heterocycles. The van der Waals surface area contributed by atoms with Crippen molar-refractivity contribution in [2.75, 3.05) is 25.6 Å². The Morgan fingerprint density at radius 2 is 1.89 bits per heavy atom. The summed E-state index contributed by atoms with van der Waals surface area (Å²) in [4.78, 5) is 25.5. The van der Waals surface area contributed by atoms with Crippen LogP contribution in [0.1, 0.15) is 50.8 Å². The quantitative estimate of drug-likeness (QED) is 0.330. The molecule has 1 N–H and O–H groups in total. The number of esters is 1. The van der Waals surface area contributed by atoms with Crippen molar-refractivity contribution in [2.24, 2.45) is 5.41 Å². The van der Waals surface area contributed by atoms with Crippen LogP contribution in [0.5, 0.6) is 11.5 Å². The second-order valence-corrected chi connectivity index (χ2v) is 11.1. The van der Waals surface area contributed by atoms with Crippen LogP contribution in [0.4, 0.5) is 5.69 Å². The van der Waals surface area contributed by atoms with Gasteiger partial charge in [0, 0.05) is 27.7 Å². The van der Waals surface area contributed by atoms with Crippen molar-refractivity contribution in [3.05, 3.63) is 69.7 Å². The molecular formula is C30H30BrNO5. The third-order valence-corrected chi connectivity index (χ3v) is 7.67. The monoisotopic (exact) mass is 563 g/mol. The Bertz CT molecular complexity index is 1440. The Morgan fingerprint density at radius 3 is 2.65 bits per heavy atom. The van der Waals surface area contributed by atoms with Crippen molar-refractivity contribution in [3.63, 3.8) is 0 Å². The van der Waals surface area contributed by atoms with E-state index >= 15 is 0 Å². The summed E-state index contributed by atoms with van der Waals surface area (Å²) in [6, 6.07) is 15.8. The van der Waals surface area contributed by atoms with Crippen molar-refractivity contribution in [1.29, 1.82) is 0 Å². The number of hydrogen-bond donors (Lipinski definition) is 1. The van der Waals surface area contributed by atoms with E-state index in [0.717, 1.165) is 49.6 Å². The first-order chi connectivity index (χ1) is 17.7. The summed E-state index contributed by atoms with van der Waals surface area (Å²) < 4.78 is 17.0. The summed E-state index contributed by atoms with van der Waals surface area (Å²) >= 11 is 3.70. The van der Waals surface area contributed by atoms with Gasteiger partial charge < -0.3 is 19.5 Å². The van der Waals surface area contributed by atoms with Crippen LogP contribution in [0.2, 0.25) is 0 Å². The van der Waals surface area contributed by atoms with Gasteiger partial charge >= 0.3 is 5.97 Å². The lowest BCUT2D eigenvalue weighted by atomic mass is 9.68. The lowest BCUT2D eigenvalue weighted by molar-refractivity contribution is -0.145. The predicted octanol–water partition coefficient (Wildman–Crippen LogP) is 6.86. The van der Waals surface area contributed by atoms with Gasteiger partial charge in [-0.15, -0.1) is 0 Å². The molecule has 1 atom stereocenters. The molecule has 1 aliphatic carbocycles. The third kappa shape index (κ3) is 4.73.